The van der Waals surface area contributed by atoms with Gasteiger partial charge in [-0.2, -0.15) is 0 Å². The van der Waals surface area contributed by atoms with Crippen LogP contribution in [0.5, 0.6) is 0 Å². The monoisotopic (exact) mass is 295 g/mol. The summed E-state index contributed by atoms with van der Waals surface area (Å²) in [4.78, 5) is 10.8. The molecule has 0 saturated carbocycles. The number of hydrogen-bond acceptors (Lipinski definition) is 5. The Balaban J connectivity index is 1.86. The van der Waals surface area contributed by atoms with Gasteiger partial charge < -0.3 is 10.8 Å². The van der Waals surface area contributed by atoms with Crippen molar-refractivity contribution in [1.29, 1.82) is 0 Å². The average molecular weight is 295 g/mol. The van der Waals surface area contributed by atoms with Crippen LogP contribution in [0.2, 0.25) is 0 Å². The van der Waals surface area contributed by atoms with Gasteiger partial charge in [0.1, 0.15) is 0 Å². The first-order valence-electron chi connectivity index (χ1n) is 6.58. The normalized spacial score (nSPS) is 10.5. The molecule has 0 unspecified atom stereocenters. The second kappa shape index (κ2) is 5.65. The van der Waals surface area contributed by atoms with Crippen LogP contribution < -0.4 is 5.73 Å². The lowest BCUT2D eigenvalue weighted by molar-refractivity contribution is 0.0697. The van der Waals surface area contributed by atoms with Crippen molar-refractivity contribution < 1.29 is 9.90 Å². The minimum Gasteiger partial charge on any atom is -0.478 e. The first kappa shape index (κ1) is 13.7. The van der Waals surface area contributed by atoms with Crippen LogP contribution >= 0.6 is 0 Å². The number of nitrogens with two attached hydrogens (primary N) is 1. The van der Waals surface area contributed by atoms with Crippen LogP contribution in [-0.2, 0) is 6.54 Å². The summed E-state index contributed by atoms with van der Waals surface area (Å²) < 4.78 is 1.65. The molecule has 7 nitrogen and oxygen atoms in total. The van der Waals surface area contributed by atoms with Crippen molar-refractivity contribution in [2.75, 3.05) is 5.73 Å². The highest BCUT2D eigenvalue weighted by molar-refractivity contribution is 5.87. The maximum absolute atomic E-state index is 10.8. The molecule has 0 atom stereocenters. The number of tetrazole rings is 1. The average Bonchev–Trinajstić information content (AvgIpc) is 2.97. The largest absolute Gasteiger partial charge is 0.478 e. The van der Waals surface area contributed by atoms with E-state index in [2.05, 4.69) is 15.5 Å². The fourth-order valence-electron chi connectivity index (χ4n) is 2.08. The van der Waals surface area contributed by atoms with E-state index >= 15 is 0 Å². The van der Waals surface area contributed by atoms with Gasteiger partial charge in [0.25, 0.3) is 0 Å². The molecule has 3 N–H and O–H groups in total. The van der Waals surface area contributed by atoms with E-state index in [1.54, 1.807) is 41.1 Å². The Morgan fingerprint density at radius 2 is 1.77 bits per heavy atom. The molecule has 7 heteroatoms. The minimum absolute atomic E-state index is 0.249. The highest BCUT2D eigenvalue weighted by Crippen LogP contribution is 2.18. The summed E-state index contributed by atoms with van der Waals surface area (Å²) in [5.41, 5.74) is 8.37. The third-order valence-electron chi connectivity index (χ3n) is 3.23. The molecule has 3 rings (SSSR count). The summed E-state index contributed by atoms with van der Waals surface area (Å²) in [7, 11) is 0. The summed E-state index contributed by atoms with van der Waals surface area (Å²) in [6, 6.07) is 13.9. The van der Waals surface area contributed by atoms with E-state index in [0.29, 0.717) is 18.1 Å². The molecule has 0 spiro atoms. The number of hydrogen-bond donors (Lipinski definition) is 2. The van der Waals surface area contributed by atoms with Gasteiger partial charge in [-0.25, -0.2) is 9.48 Å². The van der Waals surface area contributed by atoms with Crippen molar-refractivity contribution in [2.45, 2.75) is 6.54 Å². The third-order valence-corrected chi connectivity index (χ3v) is 3.23. The molecule has 2 aromatic carbocycles. The van der Waals surface area contributed by atoms with Gasteiger partial charge in [0.15, 0.2) is 5.82 Å². The summed E-state index contributed by atoms with van der Waals surface area (Å²) in [6.45, 7) is 0.451. The van der Waals surface area contributed by atoms with E-state index in [9.17, 15) is 4.79 Å². The molecule has 0 fully saturated rings. The molecule has 0 saturated heterocycles. The fraction of sp³-hybridized carbons (Fsp3) is 0.0667. The quantitative estimate of drug-likeness (QED) is 0.709. The number of anilines is 1. The van der Waals surface area contributed by atoms with Gasteiger partial charge >= 0.3 is 5.97 Å². The van der Waals surface area contributed by atoms with Gasteiger partial charge in [-0.05, 0) is 52.4 Å². The topological polar surface area (TPSA) is 107 Å². The molecule has 3 aromatic rings. The van der Waals surface area contributed by atoms with E-state index in [4.69, 9.17) is 10.8 Å². The number of benzene rings is 2. The third kappa shape index (κ3) is 2.78. The van der Waals surface area contributed by atoms with E-state index in [-0.39, 0.29) is 5.56 Å². The lowest BCUT2D eigenvalue weighted by Crippen LogP contribution is -2.05. The number of carbonyl (C=O) groups is 1. The highest BCUT2D eigenvalue weighted by Gasteiger charge is 2.10. The fourth-order valence-corrected chi connectivity index (χ4v) is 2.08. The predicted molar refractivity (Wildman–Crippen MR) is 80.2 cm³/mol. The van der Waals surface area contributed by atoms with Gasteiger partial charge in [-0.1, -0.05) is 12.1 Å². The molecule has 1 aromatic heterocycles. The Morgan fingerprint density at radius 1 is 1.09 bits per heavy atom. The standard InChI is InChI=1S/C15H13N5O2/c16-13-7-5-11(6-8-13)14-17-18-19-20(14)9-10-1-3-12(4-2-10)15(21)22/h1-8H,9,16H2,(H,21,22). The Labute approximate surface area is 126 Å². The van der Waals surface area contributed by atoms with E-state index in [0.717, 1.165) is 11.1 Å². The Bertz CT molecular complexity index is 794. The second-order valence-corrected chi connectivity index (χ2v) is 4.78. The Hall–Kier alpha value is -3.22. The smallest absolute Gasteiger partial charge is 0.335 e. The maximum Gasteiger partial charge on any atom is 0.335 e. The lowest BCUT2D eigenvalue weighted by atomic mass is 10.1. The SMILES string of the molecule is Nc1ccc(-c2nnnn2Cc2ccc(C(=O)O)cc2)cc1. The van der Waals surface area contributed by atoms with Gasteiger partial charge in [0, 0.05) is 11.3 Å². The number of nitrogen functional groups attached to an aromatic ring is 1. The van der Waals surface area contributed by atoms with Crippen LogP contribution in [0.1, 0.15) is 15.9 Å². The van der Waals surface area contributed by atoms with Gasteiger partial charge in [0.05, 0.1) is 12.1 Å². The first-order chi connectivity index (χ1) is 10.6. The van der Waals surface area contributed by atoms with Crippen molar-refractivity contribution in [3.05, 3.63) is 59.7 Å². The Morgan fingerprint density at radius 3 is 2.41 bits per heavy atom. The highest BCUT2D eigenvalue weighted by atomic mass is 16.4. The Kier molecular flexibility index (Phi) is 3.53. The van der Waals surface area contributed by atoms with Gasteiger partial charge in [-0.3, -0.25) is 0 Å². The van der Waals surface area contributed by atoms with Crippen LogP contribution in [0.25, 0.3) is 11.4 Å². The first-order valence-corrected chi connectivity index (χ1v) is 6.58. The van der Waals surface area contributed by atoms with Crippen LogP contribution in [-0.4, -0.2) is 31.3 Å². The number of rotatable bonds is 4. The molecule has 22 heavy (non-hydrogen) atoms. The number of aromatic nitrogens is 4. The molecule has 0 radical (unpaired) electrons. The summed E-state index contributed by atoms with van der Waals surface area (Å²) in [5.74, 6) is -0.321. The van der Waals surface area contributed by atoms with Crippen molar-refractivity contribution in [1.82, 2.24) is 20.2 Å². The molecular weight excluding hydrogens is 282 g/mol. The van der Waals surface area contributed by atoms with Crippen LogP contribution in [0.15, 0.2) is 48.5 Å². The predicted octanol–water partition coefficient (Wildman–Crippen LogP) is 1.67. The molecule has 110 valence electrons. The lowest BCUT2D eigenvalue weighted by Gasteiger charge is -2.05. The molecule has 0 aliphatic carbocycles. The zero-order chi connectivity index (χ0) is 15.5. The van der Waals surface area contributed by atoms with Gasteiger partial charge in [0.2, 0.25) is 0 Å². The van der Waals surface area contributed by atoms with E-state index in [1.165, 1.54) is 0 Å². The van der Waals surface area contributed by atoms with Crippen molar-refractivity contribution in [3.8, 4) is 11.4 Å². The number of aromatic carboxylic acids is 1. The summed E-state index contributed by atoms with van der Waals surface area (Å²) in [6.07, 6.45) is 0. The van der Waals surface area contributed by atoms with Crippen LogP contribution in [0.3, 0.4) is 0 Å². The van der Waals surface area contributed by atoms with Crippen LogP contribution in [0.4, 0.5) is 5.69 Å². The van der Waals surface area contributed by atoms with Crippen LogP contribution in [0, 0.1) is 0 Å². The van der Waals surface area contributed by atoms with Gasteiger partial charge in [-0.15, -0.1) is 5.10 Å². The number of carboxylic acids is 1. The summed E-state index contributed by atoms with van der Waals surface area (Å²) >= 11 is 0. The molecule has 0 aliphatic heterocycles. The second-order valence-electron chi connectivity index (χ2n) is 4.78. The molecule has 1 heterocycles. The maximum atomic E-state index is 10.8. The van der Waals surface area contributed by atoms with Crippen molar-refractivity contribution >= 4 is 11.7 Å². The number of carboxylic acid groups (broad SMARTS) is 1. The minimum atomic E-state index is -0.948. The van der Waals surface area contributed by atoms with Crippen molar-refractivity contribution in [3.63, 3.8) is 0 Å². The zero-order valence-electron chi connectivity index (χ0n) is 11.5. The number of nitrogens with zero attached hydrogens (tertiary/aromatic N) is 4. The van der Waals surface area contributed by atoms with E-state index < -0.39 is 5.97 Å². The molecule has 0 bridgehead atoms. The summed E-state index contributed by atoms with van der Waals surface area (Å²) in [5, 5.41) is 20.6. The molecule has 0 amide bonds. The molecular formula is C15H13N5O2. The van der Waals surface area contributed by atoms with Crippen molar-refractivity contribution in [2.24, 2.45) is 0 Å². The molecule has 0 aliphatic rings. The van der Waals surface area contributed by atoms with E-state index in [1.807, 2.05) is 12.1 Å². The zero-order valence-corrected chi connectivity index (χ0v) is 11.5.